The Hall–Kier alpha value is -2.61. The Morgan fingerprint density at radius 3 is 2.85 bits per heavy atom. The first-order valence-corrected chi connectivity index (χ1v) is 9.29. The standard InChI is InChI=1S/C18H18FN5OS/c19-14-4-2-1-3-13(14)11-21-18(25)12-6-9-24(10-7-12)15-5-8-20-17-16(15)22-26-23-17/h1-5,8,12H,6-7,9-11H2,(H,21,25). The van der Waals surface area contributed by atoms with Gasteiger partial charge in [0.05, 0.1) is 17.4 Å². The van der Waals surface area contributed by atoms with Gasteiger partial charge in [-0.3, -0.25) is 4.79 Å². The lowest BCUT2D eigenvalue weighted by atomic mass is 9.95. The molecule has 3 heterocycles. The third kappa shape index (κ3) is 3.37. The number of nitrogens with zero attached hydrogens (tertiary/aromatic N) is 4. The Morgan fingerprint density at radius 1 is 1.23 bits per heavy atom. The number of nitrogens with one attached hydrogen (secondary N) is 1. The number of hydrogen-bond acceptors (Lipinski definition) is 6. The molecule has 6 nitrogen and oxygen atoms in total. The number of pyridine rings is 1. The molecule has 1 aliphatic rings. The van der Waals surface area contributed by atoms with E-state index in [9.17, 15) is 9.18 Å². The monoisotopic (exact) mass is 371 g/mol. The van der Waals surface area contributed by atoms with Gasteiger partial charge in [0.25, 0.3) is 0 Å². The largest absolute Gasteiger partial charge is 0.370 e. The van der Waals surface area contributed by atoms with Crippen LogP contribution in [0.4, 0.5) is 10.1 Å². The van der Waals surface area contributed by atoms with Gasteiger partial charge in [0.15, 0.2) is 5.65 Å². The van der Waals surface area contributed by atoms with E-state index in [0.29, 0.717) is 11.2 Å². The number of rotatable bonds is 4. The fourth-order valence-corrected chi connectivity index (χ4v) is 3.80. The molecule has 134 valence electrons. The van der Waals surface area contributed by atoms with Crippen molar-refractivity contribution in [1.29, 1.82) is 0 Å². The summed E-state index contributed by atoms with van der Waals surface area (Å²) in [4.78, 5) is 18.9. The topological polar surface area (TPSA) is 71.0 Å². The number of carbonyl (C=O) groups excluding carboxylic acids is 1. The number of aromatic nitrogens is 3. The van der Waals surface area contributed by atoms with Crippen LogP contribution in [0.15, 0.2) is 36.5 Å². The lowest BCUT2D eigenvalue weighted by Gasteiger charge is -2.32. The molecular weight excluding hydrogens is 353 g/mol. The first-order chi connectivity index (χ1) is 12.7. The fraction of sp³-hybridized carbons (Fsp3) is 0.333. The number of halogens is 1. The van der Waals surface area contributed by atoms with Crippen LogP contribution in [0.25, 0.3) is 11.2 Å². The zero-order valence-corrected chi connectivity index (χ0v) is 14.9. The molecule has 1 N–H and O–H groups in total. The summed E-state index contributed by atoms with van der Waals surface area (Å²) >= 11 is 1.16. The van der Waals surface area contributed by atoms with Gasteiger partial charge in [-0.15, -0.1) is 0 Å². The molecule has 0 radical (unpaired) electrons. The summed E-state index contributed by atoms with van der Waals surface area (Å²) in [6.45, 7) is 1.77. The van der Waals surface area contributed by atoms with Crippen molar-refractivity contribution >= 4 is 34.5 Å². The van der Waals surface area contributed by atoms with Gasteiger partial charge in [-0.1, -0.05) is 18.2 Å². The van der Waals surface area contributed by atoms with E-state index in [-0.39, 0.29) is 24.2 Å². The van der Waals surface area contributed by atoms with Gasteiger partial charge in [-0.2, -0.15) is 8.75 Å². The first-order valence-electron chi connectivity index (χ1n) is 8.55. The van der Waals surface area contributed by atoms with Crippen LogP contribution < -0.4 is 10.2 Å². The molecule has 0 aliphatic carbocycles. The van der Waals surface area contributed by atoms with Gasteiger partial charge in [-0.25, -0.2) is 9.37 Å². The average Bonchev–Trinajstić information content (AvgIpc) is 3.16. The van der Waals surface area contributed by atoms with E-state index in [0.717, 1.165) is 48.9 Å². The van der Waals surface area contributed by atoms with Gasteiger partial charge in [0.2, 0.25) is 5.91 Å². The van der Waals surface area contributed by atoms with Crippen LogP contribution in [0.5, 0.6) is 0 Å². The molecule has 3 aromatic rings. The maximum atomic E-state index is 13.6. The second kappa shape index (κ2) is 7.33. The van der Waals surface area contributed by atoms with Crippen molar-refractivity contribution in [3.63, 3.8) is 0 Å². The molecule has 1 fully saturated rings. The Morgan fingerprint density at radius 2 is 2.04 bits per heavy atom. The summed E-state index contributed by atoms with van der Waals surface area (Å²) in [7, 11) is 0. The number of amides is 1. The predicted molar refractivity (Wildman–Crippen MR) is 98.4 cm³/mol. The number of benzene rings is 1. The maximum absolute atomic E-state index is 13.6. The Kier molecular flexibility index (Phi) is 4.75. The van der Waals surface area contributed by atoms with Crippen molar-refractivity contribution in [2.75, 3.05) is 18.0 Å². The number of hydrogen-bond donors (Lipinski definition) is 1. The molecule has 1 saturated heterocycles. The van der Waals surface area contributed by atoms with E-state index in [1.54, 1.807) is 24.4 Å². The van der Waals surface area contributed by atoms with Crippen LogP contribution in [0.3, 0.4) is 0 Å². The van der Waals surface area contributed by atoms with Crippen LogP contribution in [0, 0.1) is 11.7 Å². The van der Waals surface area contributed by atoms with Gasteiger partial charge in [0, 0.05) is 37.3 Å². The van der Waals surface area contributed by atoms with E-state index in [4.69, 9.17) is 0 Å². The molecule has 26 heavy (non-hydrogen) atoms. The van der Waals surface area contributed by atoms with E-state index >= 15 is 0 Å². The molecule has 0 unspecified atom stereocenters. The van der Waals surface area contributed by atoms with Gasteiger partial charge < -0.3 is 10.2 Å². The zero-order chi connectivity index (χ0) is 17.9. The molecule has 0 bridgehead atoms. The van der Waals surface area contributed by atoms with Crippen LogP contribution in [-0.4, -0.2) is 32.7 Å². The molecule has 1 amide bonds. The summed E-state index contributed by atoms with van der Waals surface area (Å²) in [5.41, 5.74) is 3.01. The van der Waals surface area contributed by atoms with E-state index < -0.39 is 0 Å². The Labute approximate surface area is 154 Å². The minimum atomic E-state index is -0.291. The summed E-state index contributed by atoms with van der Waals surface area (Å²) < 4.78 is 22.2. The Bertz CT molecular complexity index is 923. The van der Waals surface area contributed by atoms with Crippen molar-refractivity contribution in [2.45, 2.75) is 19.4 Å². The highest BCUT2D eigenvalue weighted by Crippen LogP contribution is 2.28. The van der Waals surface area contributed by atoms with Crippen LogP contribution in [-0.2, 0) is 11.3 Å². The smallest absolute Gasteiger partial charge is 0.223 e. The lowest BCUT2D eigenvalue weighted by Crippen LogP contribution is -2.40. The van der Waals surface area contributed by atoms with Crippen LogP contribution in [0.2, 0.25) is 0 Å². The maximum Gasteiger partial charge on any atom is 0.223 e. The van der Waals surface area contributed by atoms with Crippen LogP contribution in [0.1, 0.15) is 18.4 Å². The van der Waals surface area contributed by atoms with E-state index in [2.05, 4.69) is 23.9 Å². The lowest BCUT2D eigenvalue weighted by molar-refractivity contribution is -0.125. The number of anilines is 1. The van der Waals surface area contributed by atoms with E-state index in [1.807, 2.05) is 6.07 Å². The summed E-state index contributed by atoms with van der Waals surface area (Å²) in [6, 6.07) is 8.45. The zero-order valence-electron chi connectivity index (χ0n) is 14.1. The first kappa shape index (κ1) is 16.8. The minimum Gasteiger partial charge on any atom is -0.370 e. The molecule has 4 rings (SSSR count). The third-order valence-electron chi connectivity index (χ3n) is 4.76. The van der Waals surface area contributed by atoms with Crippen molar-refractivity contribution in [2.24, 2.45) is 5.92 Å². The molecule has 1 aliphatic heterocycles. The third-order valence-corrected chi connectivity index (χ3v) is 5.28. The van der Waals surface area contributed by atoms with Crippen LogP contribution >= 0.6 is 11.7 Å². The highest BCUT2D eigenvalue weighted by molar-refractivity contribution is 7.00. The van der Waals surface area contributed by atoms with Gasteiger partial charge in [-0.05, 0) is 25.0 Å². The summed E-state index contributed by atoms with van der Waals surface area (Å²) in [6.07, 6.45) is 3.25. The van der Waals surface area contributed by atoms with Crippen molar-refractivity contribution < 1.29 is 9.18 Å². The normalized spacial score (nSPS) is 15.3. The van der Waals surface area contributed by atoms with Gasteiger partial charge in [0.1, 0.15) is 11.3 Å². The second-order valence-electron chi connectivity index (χ2n) is 6.34. The molecule has 0 spiro atoms. The van der Waals surface area contributed by atoms with E-state index in [1.165, 1.54) is 6.07 Å². The quantitative estimate of drug-likeness (QED) is 0.764. The minimum absolute atomic E-state index is 0.0110. The molecule has 2 aromatic heterocycles. The Balaban J connectivity index is 1.35. The molecule has 0 saturated carbocycles. The number of fused-ring (bicyclic) bond motifs is 1. The van der Waals surface area contributed by atoms with Gasteiger partial charge >= 0.3 is 0 Å². The highest BCUT2D eigenvalue weighted by Gasteiger charge is 2.26. The number of piperidine rings is 1. The number of carbonyl (C=O) groups is 1. The second-order valence-corrected chi connectivity index (χ2v) is 6.87. The predicted octanol–water partition coefficient (Wildman–Crippen LogP) is 2.76. The summed E-state index contributed by atoms with van der Waals surface area (Å²) in [5, 5.41) is 2.86. The molecule has 0 atom stereocenters. The summed E-state index contributed by atoms with van der Waals surface area (Å²) in [5.74, 6) is -0.354. The SMILES string of the molecule is O=C(NCc1ccccc1F)C1CCN(c2ccnc3nsnc23)CC1. The molecule has 1 aromatic carbocycles. The van der Waals surface area contributed by atoms with Crippen molar-refractivity contribution in [3.8, 4) is 0 Å². The highest BCUT2D eigenvalue weighted by atomic mass is 32.1. The molecular formula is C18H18FN5OS. The fourth-order valence-electron chi connectivity index (χ4n) is 3.29. The van der Waals surface area contributed by atoms with Crippen molar-refractivity contribution in [1.82, 2.24) is 19.0 Å². The average molecular weight is 371 g/mol. The van der Waals surface area contributed by atoms with Crippen molar-refractivity contribution in [3.05, 3.63) is 47.9 Å². The molecule has 8 heteroatoms.